The molecular formula is C24H25ClFN3O6S2. The largest absolute Gasteiger partial charge is 0.509 e. The molecule has 13 heteroatoms. The number of halogens is 2. The van der Waals surface area contributed by atoms with E-state index in [0.717, 1.165) is 12.3 Å². The summed E-state index contributed by atoms with van der Waals surface area (Å²) >= 11 is 6.32. The van der Waals surface area contributed by atoms with E-state index in [1.807, 2.05) is 20.8 Å². The van der Waals surface area contributed by atoms with Crippen molar-refractivity contribution < 1.29 is 31.1 Å². The van der Waals surface area contributed by atoms with Crippen molar-refractivity contribution in [2.75, 3.05) is 16.3 Å². The number of aliphatic hydroxyl groups excluding tert-OH is 1. The third kappa shape index (κ3) is 5.05. The van der Waals surface area contributed by atoms with Crippen molar-refractivity contribution in [3.8, 4) is 0 Å². The quantitative estimate of drug-likeness (QED) is 0.494. The number of fused-ring (bicyclic) bond motifs is 1. The predicted octanol–water partition coefficient (Wildman–Crippen LogP) is 4.07. The second-order valence-corrected chi connectivity index (χ2v) is 14.2. The van der Waals surface area contributed by atoms with Crippen LogP contribution in [-0.4, -0.2) is 45.0 Å². The summed E-state index contributed by atoms with van der Waals surface area (Å²) in [7, 11) is -8.05. The molecule has 2 aliphatic rings. The standard InChI is InChI=1S/C24H25ClFN3O6S2/c1-24(2,3)21-20(30)18(23(31)29(21)12-13-5-7-14(26)8-6-13)19-22(25)37(34,35)17-11-15(28-36(4,32)33)9-10-16(17)27-19/h5-11,21,27-28,30H,12H2,1-4H3. The second-order valence-electron chi connectivity index (χ2n) is 9.95. The van der Waals surface area contributed by atoms with E-state index in [1.54, 1.807) is 0 Å². The maximum Gasteiger partial charge on any atom is 0.260 e. The number of hydrogen-bond acceptors (Lipinski definition) is 7. The summed E-state index contributed by atoms with van der Waals surface area (Å²) in [6, 6.07) is 8.52. The Morgan fingerprint density at radius 3 is 2.35 bits per heavy atom. The minimum atomic E-state index is -4.38. The van der Waals surface area contributed by atoms with E-state index in [-0.39, 0.29) is 39.8 Å². The molecule has 37 heavy (non-hydrogen) atoms. The number of sulfone groups is 1. The SMILES string of the molecule is CC(C)(C)C1C(O)=C(C2=C(Cl)S(=O)(=O)c3cc(NS(C)(=O)=O)ccc3N2)C(=O)N1Cc1ccc(F)cc1. The van der Waals surface area contributed by atoms with Gasteiger partial charge in [0.2, 0.25) is 19.9 Å². The molecule has 3 N–H and O–H groups in total. The predicted molar refractivity (Wildman–Crippen MR) is 138 cm³/mol. The van der Waals surface area contributed by atoms with Crippen molar-refractivity contribution in [2.24, 2.45) is 5.41 Å². The van der Waals surface area contributed by atoms with E-state index < -0.39 is 47.4 Å². The van der Waals surface area contributed by atoms with Crippen LogP contribution >= 0.6 is 11.6 Å². The Balaban J connectivity index is 1.80. The van der Waals surface area contributed by atoms with Crippen LogP contribution in [0.3, 0.4) is 0 Å². The average Bonchev–Trinajstić information content (AvgIpc) is 3.01. The van der Waals surface area contributed by atoms with Crippen molar-refractivity contribution in [2.45, 2.75) is 38.3 Å². The molecule has 2 aliphatic heterocycles. The molecule has 2 aromatic rings. The lowest BCUT2D eigenvalue weighted by Crippen LogP contribution is -2.43. The van der Waals surface area contributed by atoms with Crippen molar-refractivity contribution in [1.82, 2.24) is 4.90 Å². The molecule has 0 fully saturated rings. The number of carbonyl (C=O) groups is 1. The van der Waals surface area contributed by atoms with Crippen LogP contribution in [0.15, 0.2) is 68.8 Å². The highest BCUT2D eigenvalue weighted by molar-refractivity contribution is 7.97. The maximum absolute atomic E-state index is 13.7. The fourth-order valence-electron chi connectivity index (χ4n) is 4.42. The number of nitrogens with one attached hydrogen (secondary N) is 2. The van der Waals surface area contributed by atoms with Gasteiger partial charge < -0.3 is 15.3 Å². The first-order chi connectivity index (χ1) is 17.0. The molecule has 0 saturated carbocycles. The van der Waals surface area contributed by atoms with Gasteiger partial charge in [0.25, 0.3) is 5.91 Å². The molecule has 0 aromatic heterocycles. The van der Waals surface area contributed by atoms with Crippen LogP contribution in [0, 0.1) is 11.2 Å². The summed E-state index contributed by atoms with van der Waals surface area (Å²) < 4.78 is 64.7. The average molecular weight is 570 g/mol. The molecule has 198 valence electrons. The molecular weight excluding hydrogens is 545 g/mol. The molecule has 0 aliphatic carbocycles. The van der Waals surface area contributed by atoms with Crippen LogP contribution in [0.4, 0.5) is 15.8 Å². The fraction of sp³-hybridized carbons (Fsp3) is 0.292. The fourth-order valence-corrected chi connectivity index (χ4v) is 6.67. The van der Waals surface area contributed by atoms with Gasteiger partial charge in [-0.05, 0) is 41.3 Å². The highest BCUT2D eigenvalue weighted by atomic mass is 35.5. The smallest absolute Gasteiger partial charge is 0.260 e. The van der Waals surface area contributed by atoms with Crippen molar-refractivity contribution in [3.05, 3.63) is 75.2 Å². The van der Waals surface area contributed by atoms with Gasteiger partial charge in [-0.25, -0.2) is 21.2 Å². The van der Waals surface area contributed by atoms with Gasteiger partial charge in [0.1, 0.15) is 17.1 Å². The Kier molecular flexibility index (Phi) is 6.58. The second kappa shape index (κ2) is 9.03. The molecule has 0 spiro atoms. The van der Waals surface area contributed by atoms with Crippen LogP contribution < -0.4 is 10.0 Å². The maximum atomic E-state index is 13.7. The Morgan fingerprint density at radius 2 is 1.78 bits per heavy atom. The number of aliphatic hydroxyl groups is 1. The molecule has 2 aromatic carbocycles. The lowest BCUT2D eigenvalue weighted by Gasteiger charge is -2.35. The molecule has 0 saturated heterocycles. The van der Waals surface area contributed by atoms with E-state index in [4.69, 9.17) is 11.6 Å². The Bertz CT molecular complexity index is 1580. The minimum absolute atomic E-state index is 0.0109. The highest BCUT2D eigenvalue weighted by Gasteiger charge is 2.48. The van der Waals surface area contributed by atoms with Gasteiger partial charge in [-0.2, -0.15) is 0 Å². The summed E-state index contributed by atoms with van der Waals surface area (Å²) in [5, 5.41) is 14.1. The van der Waals surface area contributed by atoms with Crippen molar-refractivity contribution in [1.29, 1.82) is 0 Å². The van der Waals surface area contributed by atoms with E-state index in [0.29, 0.717) is 5.56 Å². The zero-order chi connectivity index (χ0) is 27.5. The molecule has 2 heterocycles. The van der Waals surface area contributed by atoms with Crippen LogP contribution in [0.2, 0.25) is 0 Å². The van der Waals surface area contributed by atoms with Gasteiger partial charge in [-0.1, -0.05) is 44.5 Å². The zero-order valence-corrected chi connectivity index (χ0v) is 22.7. The summed E-state index contributed by atoms with van der Waals surface area (Å²) in [6.07, 6.45) is 0.925. The van der Waals surface area contributed by atoms with Crippen molar-refractivity contribution in [3.63, 3.8) is 0 Å². The number of hydrogen-bond donors (Lipinski definition) is 3. The first kappa shape index (κ1) is 27.0. The number of amides is 1. The number of anilines is 2. The summed E-state index contributed by atoms with van der Waals surface area (Å²) in [4.78, 5) is 14.7. The van der Waals surface area contributed by atoms with E-state index in [9.17, 15) is 31.1 Å². The third-order valence-corrected chi connectivity index (χ3v) is 8.90. The highest BCUT2D eigenvalue weighted by Crippen LogP contribution is 2.45. The van der Waals surface area contributed by atoms with Gasteiger partial charge in [-0.3, -0.25) is 9.52 Å². The number of nitrogens with zero attached hydrogens (tertiary/aromatic N) is 1. The number of benzene rings is 2. The monoisotopic (exact) mass is 569 g/mol. The van der Waals surface area contributed by atoms with E-state index >= 15 is 0 Å². The van der Waals surface area contributed by atoms with Gasteiger partial charge in [-0.15, -0.1) is 0 Å². The first-order valence-electron chi connectivity index (χ1n) is 11.0. The lowest BCUT2D eigenvalue weighted by molar-refractivity contribution is -0.129. The molecule has 0 bridgehead atoms. The van der Waals surface area contributed by atoms with E-state index in [2.05, 4.69) is 10.0 Å². The Morgan fingerprint density at radius 1 is 1.16 bits per heavy atom. The number of carbonyl (C=O) groups excluding carboxylic acids is 1. The topological polar surface area (TPSA) is 133 Å². The van der Waals surface area contributed by atoms with Crippen molar-refractivity contribution >= 4 is 48.7 Å². The number of sulfonamides is 1. The summed E-state index contributed by atoms with van der Waals surface area (Å²) in [6.45, 7) is 5.47. The first-order valence-corrected chi connectivity index (χ1v) is 14.8. The Labute approximate surface area is 219 Å². The van der Waals surface area contributed by atoms with Crippen LogP contribution in [-0.2, 0) is 31.2 Å². The zero-order valence-electron chi connectivity index (χ0n) is 20.3. The van der Waals surface area contributed by atoms with Gasteiger partial charge in [0.15, 0.2) is 4.36 Å². The summed E-state index contributed by atoms with van der Waals surface area (Å²) in [5.41, 5.74) is -0.561. The van der Waals surface area contributed by atoms with Gasteiger partial charge in [0, 0.05) is 12.2 Å². The summed E-state index contributed by atoms with van der Waals surface area (Å²) in [5.74, 6) is -1.45. The van der Waals surface area contributed by atoms with Gasteiger partial charge >= 0.3 is 0 Å². The molecule has 1 amide bonds. The van der Waals surface area contributed by atoms with E-state index in [1.165, 1.54) is 41.3 Å². The molecule has 1 unspecified atom stereocenters. The third-order valence-electron chi connectivity index (χ3n) is 5.90. The number of rotatable bonds is 5. The van der Waals surface area contributed by atoms with Crippen LogP contribution in [0.5, 0.6) is 0 Å². The Hall–Kier alpha value is -3.09. The normalized spacial score (nSPS) is 19.7. The molecule has 9 nitrogen and oxygen atoms in total. The molecule has 1 atom stereocenters. The van der Waals surface area contributed by atoms with Gasteiger partial charge in [0.05, 0.1) is 28.6 Å². The van der Waals surface area contributed by atoms with Crippen LogP contribution in [0.25, 0.3) is 0 Å². The molecule has 0 radical (unpaired) electrons. The van der Waals surface area contributed by atoms with Crippen LogP contribution in [0.1, 0.15) is 26.3 Å². The lowest BCUT2D eigenvalue weighted by atomic mass is 9.85. The minimum Gasteiger partial charge on any atom is -0.509 e. The molecule has 4 rings (SSSR count).